The van der Waals surface area contributed by atoms with Crippen molar-refractivity contribution in [3.63, 3.8) is 0 Å². The van der Waals surface area contributed by atoms with Gasteiger partial charge in [0.1, 0.15) is 0 Å². The van der Waals surface area contributed by atoms with Crippen molar-refractivity contribution < 1.29 is 4.92 Å². The minimum atomic E-state index is -0.389. The minimum absolute atomic E-state index is 0.111. The van der Waals surface area contributed by atoms with E-state index in [0.29, 0.717) is 6.54 Å². The molecule has 0 unspecified atom stereocenters. The zero-order valence-corrected chi connectivity index (χ0v) is 9.96. The van der Waals surface area contributed by atoms with Gasteiger partial charge in [0.2, 0.25) is 0 Å². The van der Waals surface area contributed by atoms with Gasteiger partial charge in [0, 0.05) is 36.3 Å². The zero-order chi connectivity index (χ0) is 13.0. The number of nitrogens with zero attached hydrogens (tertiary/aromatic N) is 2. The van der Waals surface area contributed by atoms with Crippen LogP contribution in [0.4, 0.5) is 11.4 Å². The highest BCUT2D eigenvalue weighted by molar-refractivity contribution is 5.44. The van der Waals surface area contributed by atoms with Crippen LogP contribution in [0.1, 0.15) is 11.3 Å². The second-order valence-electron chi connectivity index (χ2n) is 3.97. The molecule has 1 N–H and O–H groups in total. The van der Waals surface area contributed by atoms with E-state index in [9.17, 15) is 10.1 Å². The number of hydrogen-bond donors (Lipinski definition) is 1. The number of nitro groups is 1. The van der Waals surface area contributed by atoms with E-state index in [1.54, 1.807) is 18.3 Å². The molecule has 0 saturated carbocycles. The Kier molecular flexibility index (Phi) is 3.52. The van der Waals surface area contributed by atoms with E-state index in [0.717, 1.165) is 16.9 Å². The lowest BCUT2D eigenvalue weighted by Crippen LogP contribution is -2.00. The Hall–Kier alpha value is -2.43. The van der Waals surface area contributed by atoms with Crippen LogP contribution in [0.2, 0.25) is 0 Å². The van der Waals surface area contributed by atoms with Crippen molar-refractivity contribution in [3.05, 3.63) is 64.0 Å². The molecule has 0 spiro atoms. The fraction of sp³-hybridized carbons (Fsp3) is 0.154. The van der Waals surface area contributed by atoms with E-state index < -0.39 is 0 Å². The molecule has 0 atom stereocenters. The summed E-state index contributed by atoms with van der Waals surface area (Å²) in [5.41, 5.74) is 2.87. The number of anilines is 1. The van der Waals surface area contributed by atoms with Gasteiger partial charge in [0.15, 0.2) is 0 Å². The maximum atomic E-state index is 10.6. The Morgan fingerprint density at radius 1 is 1.33 bits per heavy atom. The average Bonchev–Trinajstić information content (AvgIpc) is 2.37. The van der Waals surface area contributed by atoms with Gasteiger partial charge in [0.05, 0.1) is 4.92 Å². The minimum Gasteiger partial charge on any atom is -0.381 e. The molecule has 0 saturated heterocycles. The SMILES string of the molecule is Cc1cc(NCc2cccc([N+](=O)[O-])c2)ccn1. The van der Waals surface area contributed by atoms with E-state index >= 15 is 0 Å². The van der Waals surface area contributed by atoms with Gasteiger partial charge >= 0.3 is 0 Å². The average molecular weight is 243 g/mol. The maximum Gasteiger partial charge on any atom is 0.269 e. The van der Waals surface area contributed by atoms with E-state index in [-0.39, 0.29) is 10.6 Å². The summed E-state index contributed by atoms with van der Waals surface area (Å²) < 4.78 is 0. The lowest BCUT2D eigenvalue weighted by atomic mass is 10.2. The first-order valence-electron chi connectivity index (χ1n) is 5.55. The van der Waals surface area contributed by atoms with Gasteiger partial charge in [0.25, 0.3) is 5.69 Å². The van der Waals surface area contributed by atoms with Gasteiger partial charge in [-0.2, -0.15) is 0 Å². The van der Waals surface area contributed by atoms with Crippen molar-refractivity contribution in [2.75, 3.05) is 5.32 Å². The molecule has 0 aliphatic heterocycles. The molecule has 0 amide bonds. The lowest BCUT2D eigenvalue weighted by Gasteiger charge is -2.06. The largest absolute Gasteiger partial charge is 0.381 e. The molecule has 1 heterocycles. The molecule has 2 aromatic rings. The van der Waals surface area contributed by atoms with Crippen LogP contribution in [-0.4, -0.2) is 9.91 Å². The van der Waals surface area contributed by atoms with Gasteiger partial charge in [-0.15, -0.1) is 0 Å². The smallest absolute Gasteiger partial charge is 0.269 e. The molecule has 0 fully saturated rings. The number of aryl methyl sites for hydroxylation is 1. The van der Waals surface area contributed by atoms with Crippen molar-refractivity contribution in [3.8, 4) is 0 Å². The van der Waals surface area contributed by atoms with E-state index in [4.69, 9.17) is 0 Å². The third-order valence-electron chi connectivity index (χ3n) is 2.51. The quantitative estimate of drug-likeness (QED) is 0.662. The predicted molar refractivity (Wildman–Crippen MR) is 69.4 cm³/mol. The first kappa shape index (κ1) is 12.0. The van der Waals surface area contributed by atoms with E-state index in [1.807, 2.05) is 25.1 Å². The Morgan fingerprint density at radius 3 is 2.89 bits per heavy atom. The fourth-order valence-electron chi connectivity index (χ4n) is 1.64. The summed E-state index contributed by atoms with van der Waals surface area (Å²) in [5, 5.41) is 13.9. The molecular weight excluding hydrogens is 230 g/mol. The van der Waals surface area contributed by atoms with Crippen LogP contribution in [-0.2, 0) is 6.54 Å². The Labute approximate surface area is 105 Å². The van der Waals surface area contributed by atoms with Crippen LogP contribution in [0.15, 0.2) is 42.6 Å². The van der Waals surface area contributed by atoms with Crippen LogP contribution in [0, 0.1) is 17.0 Å². The first-order valence-corrected chi connectivity index (χ1v) is 5.55. The van der Waals surface area contributed by atoms with Crippen LogP contribution >= 0.6 is 0 Å². The standard InChI is InChI=1S/C13H13N3O2/c1-10-7-12(5-6-14-10)15-9-11-3-2-4-13(8-11)16(17)18/h2-8H,9H2,1H3,(H,14,15). The Bertz CT molecular complexity index is 570. The first-order chi connectivity index (χ1) is 8.65. The second-order valence-corrected chi connectivity index (χ2v) is 3.97. The molecule has 1 aromatic carbocycles. The van der Waals surface area contributed by atoms with Crippen LogP contribution < -0.4 is 5.32 Å². The number of benzene rings is 1. The van der Waals surface area contributed by atoms with Gasteiger partial charge in [-0.1, -0.05) is 12.1 Å². The molecule has 1 aromatic heterocycles. The molecule has 5 heteroatoms. The second kappa shape index (κ2) is 5.27. The third-order valence-corrected chi connectivity index (χ3v) is 2.51. The van der Waals surface area contributed by atoms with E-state index in [2.05, 4.69) is 10.3 Å². The number of non-ortho nitro benzene ring substituents is 1. The van der Waals surface area contributed by atoms with Crippen LogP contribution in [0.3, 0.4) is 0 Å². The molecule has 5 nitrogen and oxygen atoms in total. The Balaban J connectivity index is 2.06. The molecule has 0 bridgehead atoms. The summed E-state index contributed by atoms with van der Waals surface area (Å²) in [6.45, 7) is 2.46. The van der Waals surface area contributed by atoms with Crippen molar-refractivity contribution >= 4 is 11.4 Å². The van der Waals surface area contributed by atoms with Crippen LogP contribution in [0.25, 0.3) is 0 Å². The van der Waals surface area contributed by atoms with Crippen molar-refractivity contribution in [2.24, 2.45) is 0 Å². The summed E-state index contributed by atoms with van der Waals surface area (Å²) in [4.78, 5) is 14.4. The zero-order valence-electron chi connectivity index (χ0n) is 9.96. The number of nitrogens with one attached hydrogen (secondary N) is 1. The van der Waals surface area contributed by atoms with Crippen molar-refractivity contribution in [1.82, 2.24) is 4.98 Å². The van der Waals surface area contributed by atoms with Crippen molar-refractivity contribution in [2.45, 2.75) is 13.5 Å². The molecule has 18 heavy (non-hydrogen) atoms. The maximum absolute atomic E-state index is 10.6. The number of aromatic nitrogens is 1. The van der Waals surface area contributed by atoms with Gasteiger partial charge in [-0.3, -0.25) is 15.1 Å². The summed E-state index contributed by atoms with van der Waals surface area (Å²) in [7, 11) is 0. The molecular formula is C13H13N3O2. The monoisotopic (exact) mass is 243 g/mol. The molecule has 2 rings (SSSR count). The number of hydrogen-bond acceptors (Lipinski definition) is 4. The van der Waals surface area contributed by atoms with Gasteiger partial charge in [-0.05, 0) is 24.6 Å². The number of nitro benzene ring substituents is 1. The highest BCUT2D eigenvalue weighted by Gasteiger charge is 2.05. The Morgan fingerprint density at radius 2 is 2.17 bits per heavy atom. The fourth-order valence-corrected chi connectivity index (χ4v) is 1.64. The van der Waals surface area contributed by atoms with Gasteiger partial charge in [-0.25, -0.2) is 0 Å². The number of pyridine rings is 1. The lowest BCUT2D eigenvalue weighted by molar-refractivity contribution is -0.384. The van der Waals surface area contributed by atoms with Gasteiger partial charge < -0.3 is 5.32 Å². The summed E-state index contributed by atoms with van der Waals surface area (Å²) in [5.74, 6) is 0. The summed E-state index contributed by atoms with van der Waals surface area (Å²) >= 11 is 0. The van der Waals surface area contributed by atoms with E-state index in [1.165, 1.54) is 6.07 Å². The molecule has 0 aliphatic carbocycles. The third kappa shape index (κ3) is 3.04. The van der Waals surface area contributed by atoms with Crippen LogP contribution in [0.5, 0.6) is 0 Å². The predicted octanol–water partition coefficient (Wildman–Crippen LogP) is 2.91. The summed E-state index contributed by atoms with van der Waals surface area (Å²) in [6.07, 6.45) is 1.73. The topological polar surface area (TPSA) is 68.1 Å². The molecule has 0 radical (unpaired) electrons. The highest BCUT2D eigenvalue weighted by atomic mass is 16.6. The molecule has 92 valence electrons. The highest BCUT2D eigenvalue weighted by Crippen LogP contribution is 2.15. The number of rotatable bonds is 4. The molecule has 0 aliphatic rings. The van der Waals surface area contributed by atoms with Crippen molar-refractivity contribution in [1.29, 1.82) is 0 Å². The normalized spacial score (nSPS) is 10.1. The summed E-state index contributed by atoms with van der Waals surface area (Å²) in [6, 6.07) is 10.4.